The molecule has 0 fully saturated rings. The zero-order valence-corrected chi connectivity index (χ0v) is 11.4. The number of halogens is 1. The Labute approximate surface area is 104 Å². The Morgan fingerprint density at radius 2 is 2.00 bits per heavy atom. The van der Waals surface area contributed by atoms with E-state index < -0.39 is 0 Å². The molecule has 16 heavy (non-hydrogen) atoms. The number of hydrogen-bond acceptors (Lipinski definition) is 1. The van der Waals surface area contributed by atoms with Gasteiger partial charge in [-0.2, -0.15) is 0 Å². The predicted molar refractivity (Wildman–Crippen MR) is 70.4 cm³/mol. The van der Waals surface area contributed by atoms with Crippen LogP contribution < -0.4 is 0 Å². The number of benzene rings is 1. The Hall–Kier alpha value is -1.09. The fraction of sp³-hybridized carbons (Fsp3) is 0.308. The molecule has 3 heteroatoms. The van der Waals surface area contributed by atoms with Gasteiger partial charge in [0.05, 0.1) is 12.0 Å². The molecule has 0 amide bonds. The Morgan fingerprint density at radius 3 is 2.50 bits per heavy atom. The second-order valence-electron chi connectivity index (χ2n) is 4.04. The topological polar surface area (TPSA) is 17.8 Å². The average molecular weight is 279 g/mol. The van der Waals surface area contributed by atoms with Crippen LogP contribution in [0.3, 0.4) is 0 Å². The highest BCUT2D eigenvalue weighted by Gasteiger charge is 2.06. The standard InChI is InChI=1S/C13H15BrN2/c1-9-6-12(7-14)4-5-13(9)16-8-15-10(2)11(16)3/h4-6,8H,7H2,1-3H3. The second kappa shape index (κ2) is 4.42. The van der Waals surface area contributed by atoms with Crippen LogP contribution in [0.15, 0.2) is 24.5 Å². The maximum absolute atomic E-state index is 4.33. The summed E-state index contributed by atoms with van der Waals surface area (Å²) in [5.41, 5.74) is 6.08. The lowest BCUT2D eigenvalue weighted by atomic mass is 10.1. The Bertz CT molecular complexity index is 515. The molecule has 0 aliphatic heterocycles. The van der Waals surface area contributed by atoms with Crippen LogP contribution in [0.4, 0.5) is 0 Å². The smallest absolute Gasteiger partial charge is 0.0997 e. The molecule has 0 radical (unpaired) electrons. The maximum atomic E-state index is 4.33. The lowest BCUT2D eigenvalue weighted by Gasteiger charge is -2.10. The molecule has 0 atom stereocenters. The van der Waals surface area contributed by atoms with Crippen molar-refractivity contribution in [1.82, 2.24) is 9.55 Å². The quantitative estimate of drug-likeness (QED) is 0.766. The fourth-order valence-corrected chi connectivity index (χ4v) is 2.16. The fourth-order valence-electron chi connectivity index (χ4n) is 1.81. The zero-order valence-electron chi connectivity index (χ0n) is 9.79. The maximum Gasteiger partial charge on any atom is 0.0997 e. The highest BCUT2D eigenvalue weighted by Crippen LogP contribution is 2.20. The third kappa shape index (κ3) is 1.92. The van der Waals surface area contributed by atoms with Crippen molar-refractivity contribution < 1.29 is 0 Å². The van der Waals surface area contributed by atoms with Crippen LogP contribution in [-0.4, -0.2) is 9.55 Å². The molecule has 1 aromatic carbocycles. The van der Waals surface area contributed by atoms with Gasteiger partial charge in [-0.1, -0.05) is 28.1 Å². The van der Waals surface area contributed by atoms with Gasteiger partial charge in [0, 0.05) is 16.7 Å². The minimum atomic E-state index is 0.899. The highest BCUT2D eigenvalue weighted by atomic mass is 79.9. The molecule has 0 saturated carbocycles. The van der Waals surface area contributed by atoms with Crippen molar-refractivity contribution in [2.45, 2.75) is 26.1 Å². The van der Waals surface area contributed by atoms with Gasteiger partial charge in [-0.05, 0) is 38.0 Å². The van der Waals surface area contributed by atoms with Crippen molar-refractivity contribution in [3.8, 4) is 5.69 Å². The number of imidazole rings is 1. The SMILES string of the molecule is Cc1cc(CBr)ccc1-n1cnc(C)c1C. The van der Waals surface area contributed by atoms with Gasteiger partial charge in [0.2, 0.25) is 0 Å². The summed E-state index contributed by atoms with van der Waals surface area (Å²) in [6.45, 7) is 6.27. The second-order valence-corrected chi connectivity index (χ2v) is 4.60. The van der Waals surface area contributed by atoms with E-state index in [0.717, 1.165) is 11.0 Å². The van der Waals surface area contributed by atoms with E-state index in [1.165, 1.54) is 22.5 Å². The minimum absolute atomic E-state index is 0.899. The summed E-state index contributed by atoms with van der Waals surface area (Å²) >= 11 is 3.47. The van der Waals surface area contributed by atoms with Crippen molar-refractivity contribution in [3.05, 3.63) is 47.0 Å². The Kier molecular flexibility index (Phi) is 3.15. The van der Waals surface area contributed by atoms with Crippen LogP contribution in [0.25, 0.3) is 5.69 Å². The summed E-state index contributed by atoms with van der Waals surface area (Å²) in [6.07, 6.45) is 1.89. The largest absolute Gasteiger partial charge is 0.303 e. The zero-order chi connectivity index (χ0) is 11.7. The first kappa shape index (κ1) is 11.4. The molecule has 2 aromatic rings. The van der Waals surface area contributed by atoms with Gasteiger partial charge in [-0.3, -0.25) is 0 Å². The normalized spacial score (nSPS) is 10.8. The number of aromatic nitrogens is 2. The first-order valence-corrected chi connectivity index (χ1v) is 6.42. The molecule has 1 aromatic heterocycles. The monoisotopic (exact) mass is 278 g/mol. The first-order valence-electron chi connectivity index (χ1n) is 5.30. The summed E-state index contributed by atoms with van der Waals surface area (Å²) in [5, 5.41) is 0.899. The van der Waals surface area contributed by atoms with E-state index in [1.807, 2.05) is 13.3 Å². The number of hydrogen-bond donors (Lipinski definition) is 0. The van der Waals surface area contributed by atoms with Crippen molar-refractivity contribution in [1.29, 1.82) is 0 Å². The number of nitrogens with zero attached hydrogens (tertiary/aromatic N) is 2. The van der Waals surface area contributed by atoms with E-state index in [0.29, 0.717) is 0 Å². The first-order chi connectivity index (χ1) is 7.63. The lowest BCUT2D eigenvalue weighted by molar-refractivity contribution is 0.986. The van der Waals surface area contributed by atoms with Crippen molar-refractivity contribution >= 4 is 15.9 Å². The number of aryl methyl sites for hydroxylation is 2. The summed E-state index contributed by atoms with van der Waals surface area (Å²) in [6, 6.07) is 6.50. The number of alkyl halides is 1. The molecule has 0 bridgehead atoms. The van der Waals surface area contributed by atoms with Crippen LogP contribution in [0, 0.1) is 20.8 Å². The summed E-state index contributed by atoms with van der Waals surface area (Å²) in [4.78, 5) is 4.33. The van der Waals surface area contributed by atoms with Gasteiger partial charge in [0.1, 0.15) is 0 Å². The molecule has 0 saturated heterocycles. The van der Waals surface area contributed by atoms with E-state index in [9.17, 15) is 0 Å². The van der Waals surface area contributed by atoms with E-state index in [1.54, 1.807) is 0 Å². The van der Waals surface area contributed by atoms with E-state index in [4.69, 9.17) is 0 Å². The number of rotatable bonds is 2. The summed E-state index contributed by atoms with van der Waals surface area (Å²) in [5.74, 6) is 0. The molecule has 0 aliphatic rings. The molecule has 0 aliphatic carbocycles. The van der Waals surface area contributed by atoms with E-state index >= 15 is 0 Å². The average Bonchev–Trinajstić information content (AvgIpc) is 2.60. The molecule has 84 valence electrons. The molecule has 0 unspecified atom stereocenters. The molecular formula is C13H15BrN2. The van der Waals surface area contributed by atoms with Gasteiger partial charge in [0.25, 0.3) is 0 Å². The van der Waals surface area contributed by atoms with Crippen molar-refractivity contribution in [2.24, 2.45) is 0 Å². The van der Waals surface area contributed by atoms with Crippen molar-refractivity contribution in [2.75, 3.05) is 0 Å². The van der Waals surface area contributed by atoms with Gasteiger partial charge in [-0.15, -0.1) is 0 Å². The summed E-state index contributed by atoms with van der Waals surface area (Å²) in [7, 11) is 0. The lowest BCUT2D eigenvalue weighted by Crippen LogP contribution is -1.98. The van der Waals surface area contributed by atoms with E-state index in [-0.39, 0.29) is 0 Å². The van der Waals surface area contributed by atoms with E-state index in [2.05, 4.69) is 57.5 Å². The van der Waals surface area contributed by atoms with Crippen LogP contribution in [-0.2, 0) is 5.33 Å². The third-order valence-corrected chi connectivity index (χ3v) is 3.57. The highest BCUT2D eigenvalue weighted by molar-refractivity contribution is 9.08. The third-order valence-electron chi connectivity index (χ3n) is 2.93. The molecular weight excluding hydrogens is 264 g/mol. The predicted octanol–water partition coefficient (Wildman–Crippen LogP) is 3.69. The Balaban J connectivity index is 2.52. The molecule has 0 N–H and O–H groups in total. The minimum Gasteiger partial charge on any atom is -0.303 e. The van der Waals surface area contributed by atoms with Gasteiger partial charge in [0.15, 0.2) is 0 Å². The van der Waals surface area contributed by atoms with Crippen LogP contribution in [0.1, 0.15) is 22.5 Å². The van der Waals surface area contributed by atoms with Gasteiger partial charge in [-0.25, -0.2) is 4.98 Å². The molecule has 1 heterocycles. The van der Waals surface area contributed by atoms with Crippen molar-refractivity contribution in [3.63, 3.8) is 0 Å². The molecule has 0 spiro atoms. The van der Waals surface area contributed by atoms with Crippen LogP contribution in [0.5, 0.6) is 0 Å². The molecule has 2 nitrogen and oxygen atoms in total. The van der Waals surface area contributed by atoms with Crippen LogP contribution >= 0.6 is 15.9 Å². The Morgan fingerprint density at radius 1 is 1.25 bits per heavy atom. The van der Waals surface area contributed by atoms with Gasteiger partial charge >= 0.3 is 0 Å². The van der Waals surface area contributed by atoms with Crippen LogP contribution in [0.2, 0.25) is 0 Å². The summed E-state index contributed by atoms with van der Waals surface area (Å²) < 4.78 is 2.14. The van der Waals surface area contributed by atoms with Gasteiger partial charge < -0.3 is 4.57 Å². The molecule has 2 rings (SSSR count).